The summed E-state index contributed by atoms with van der Waals surface area (Å²) >= 11 is 0. The average molecular weight is 307 g/mol. The summed E-state index contributed by atoms with van der Waals surface area (Å²) < 4.78 is 0. The molecule has 0 spiro atoms. The molecule has 116 valence electrons. The lowest BCUT2D eigenvalue weighted by atomic mass is 10.1. The Morgan fingerprint density at radius 3 is 2.26 bits per heavy atom. The zero-order valence-corrected chi connectivity index (χ0v) is 12.7. The predicted molar refractivity (Wildman–Crippen MR) is 88.8 cm³/mol. The fourth-order valence-electron chi connectivity index (χ4n) is 2.78. The third kappa shape index (κ3) is 3.30. The molecule has 1 fully saturated rings. The molecule has 0 unspecified atom stereocenters. The molecule has 3 rings (SSSR count). The number of carbonyl (C=O) groups excluding carboxylic acids is 2. The summed E-state index contributed by atoms with van der Waals surface area (Å²) in [6.45, 7) is 2.86. The van der Waals surface area contributed by atoms with Crippen molar-refractivity contribution < 1.29 is 9.59 Å². The first kappa shape index (κ1) is 15.0. The van der Waals surface area contributed by atoms with Crippen LogP contribution in [0.3, 0.4) is 0 Å². The normalized spacial score (nSPS) is 14.3. The van der Waals surface area contributed by atoms with Gasteiger partial charge in [-0.1, -0.05) is 30.3 Å². The van der Waals surface area contributed by atoms with E-state index < -0.39 is 0 Å². The summed E-state index contributed by atoms with van der Waals surface area (Å²) in [4.78, 5) is 30.8. The number of hydrogen-bond donors (Lipinski definition) is 0. The van der Waals surface area contributed by atoms with Crippen molar-refractivity contribution in [1.29, 1.82) is 0 Å². The van der Waals surface area contributed by atoms with E-state index in [-0.39, 0.29) is 5.91 Å². The van der Waals surface area contributed by atoms with E-state index in [1.165, 1.54) is 11.8 Å². The van der Waals surface area contributed by atoms with Gasteiger partial charge in [-0.25, -0.2) is 4.79 Å². The summed E-state index contributed by atoms with van der Waals surface area (Å²) in [6.07, 6.45) is 1.51. The van der Waals surface area contributed by atoms with E-state index in [1.54, 1.807) is 29.2 Å². The highest BCUT2D eigenvalue weighted by Crippen LogP contribution is 2.22. The first-order chi connectivity index (χ1) is 11.3. The average Bonchev–Trinajstić information content (AvgIpc) is 2.63. The molecule has 1 saturated heterocycles. The summed E-state index contributed by atoms with van der Waals surface area (Å²) in [7, 11) is 0. The van der Waals surface area contributed by atoms with E-state index in [9.17, 15) is 9.59 Å². The fourth-order valence-corrected chi connectivity index (χ4v) is 2.78. The van der Waals surface area contributed by atoms with E-state index in [1.807, 2.05) is 18.2 Å². The van der Waals surface area contributed by atoms with Crippen LogP contribution < -0.4 is 4.90 Å². The van der Waals surface area contributed by atoms with Gasteiger partial charge in [0.1, 0.15) is 0 Å². The van der Waals surface area contributed by atoms with Gasteiger partial charge in [0, 0.05) is 31.9 Å². The van der Waals surface area contributed by atoms with Gasteiger partial charge in [-0.05, 0) is 24.3 Å². The van der Waals surface area contributed by atoms with Crippen molar-refractivity contribution in [3.63, 3.8) is 0 Å². The zero-order valence-electron chi connectivity index (χ0n) is 12.7. The minimum absolute atomic E-state index is 0.0905. The van der Waals surface area contributed by atoms with E-state index >= 15 is 0 Å². The van der Waals surface area contributed by atoms with Crippen LogP contribution in [0.1, 0.15) is 10.4 Å². The summed E-state index contributed by atoms with van der Waals surface area (Å²) in [5, 5.41) is 0. The number of anilines is 1. The third-order valence-electron chi connectivity index (χ3n) is 3.99. The number of amides is 1. The molecule has 0 N–H and O–H groups in total. The van der Waals surface area contributed by atoms with E-state index in [4.69, 9.17) is 0 Å². The topological polar surface area (TPSA) is 53.0 Å². The molecule has 1 aliphatic rings. The van der Waals surface area contributed by atoms with Crippen molar-refractivity contribution in [2.24, 2.45) is 4.99 Å². The van der Waals surface area contributed by atoms with Crippen molar-refractivity contribution in [1.82, 2.24) is 4.90 Å². The van der Waals surface area contributed by atoms with Crippen LogP contribution in [0, 0.1) is 0 Å². The first-order valence-electron chi connectivity index (χ1n) is 7.56. The summed E-state index contributed by atoms with van der Waals surface area (Å²) in [5.41, 5.74) is 1.99. The predicted octanol–water partition coefficient (Wildman–Crippen LogP) is 2.62. The first-order valence-corrected chi connectivity index (χ1v) is 7.56. The molecule has 5 heteroatoms. The maximum absolute atomic E-state index is 12.7. The Morgan fingerprint density at radius 1 is 0.913 bits per heavy atom. The highest BCUT2D eigenvalue weighted by molar-refractivity contribution is 5.99. The SMILES string of the molecule is O=C=Nc1ccccc1C(=O)N1CCN(c2ccccc2)CC1. The summed E-state index contributed by atoms with van der Waals surface area (Å²) in [6, 6.07) is 17.0. The second kappa shape index (κ2) is 6.90. The van der Waals surface area contributed by atoms with Crippen molar-refractivity contribution in [2.45, 2.75) is 0 Å². The zero-order chi connectivity index (χ0) is 16.1. The van der Waals surface area contributed by atoms with Crippen molar-refractivity contribution in [3.05, 3.63) is 60.2 Å². The molecule has 2 aromatic carbocycles. The Kier molecular flexibility index (Phi) is 4.50. The molecule has 1 heterocycles. The Morgan fingerprint density at radius 2 is 1.57 bits per heavy atom. The van der Waals surface area contributed by atoms with Gasteiger partial charge in [-0.2, -0.15) is 4.99 Å². The largest absolute Gasteiger partial charge is 0.368 e. The second-order valence-corrected chi connectivity index (χ2v) is 5.34. The van der Waals surface area contributed by atoms with Gasteiger partial charge in [0.15, 0.2) is 0 Å². The number of carbonyl (C=O) groups is 1. The van der Waals surface area contributed by atoms with Crippen LogP contribution in [0.15, 0.2) is 59.6 Å². The molecular formula is C18H17N3O2. The van der Waals surface area contributed by atoms with E-state index in [0.717, 1.165) is 13.1 Å². The lowest BCUT2D eigenvalue weighted by Crippen LogP contribution is -2.48. The number of nitrogens with zero attached hydrogens (tertiary/aromatic N) is 3. The number of isocyanates is 1. The van der Waals surface area contributed by atoms with Gasteiger partial charge < -0.3 is 9.80 Å². The number of hydrogen-bond acceptors (Lipinski definition) is 4. The minimum atomic E-state index is -0.0905. The maximum atomic E-state index is 12.7. The van der Waals surface area contributed by atoms with E-state index in [2.05, 4.69) is 22.0 Å². The molecule has 23 heavy (non-hydrogen) atoms. The maximum Gasteiger partial charge on any atom is 0.256 e. The molecule has 2 aromatic rings. The van der Waals surface area contributed by atoms with Crippen LogP contribution in [-0.4, -0.2) is 43.1 Å². The third-order valence-corrected chi connectivity index (χ3v) is 3.99. The van der Waals surface area contributed by atoms with Gasteiger partial charge >= 0.3 is 0 Å². The molecule has 0 atom stereocenters. The molecule has 1 amide bonds. The Hall–Kier alpha value is -2.91. The lowest BCUT2D eigenvalue weighted by molar-refractivity contribution is 0.0747. The molecule has 0 aromatic heterocycles. The lowest BCUT2D eigenvalue weighted by Gasteiger charge is -2.36. The monoisotopic (exact) mass is 307 g/mol. The molecule has 0 saturated carbocycles. The Labute approximate surface area is 134 Å². The van der Waals surface area contributed by atoms with Gasteiger partial charge in [0.05, 0.1) is 11.3 Å². The van der Waals surface area contributed by atoms with Gasteiger partial charge in [-0.3, -0.25) is 4.79 Å². The van der Waals surface area contributed by atoms with Crippen molar-refractivity contribution >= 4 is 23.4 Å². The summed E-state index contributed by atoms with van der Waals surface area (Å²) in [5.74, 6) is -0.0905. The van der Waals surface area contributed by atoms with Crippen LogP contribution in [-0.2, 0) is 4.79 Å². The molecule has 0 radical (unpaired) electrons. The smallest absolute Gasteiger partial charge is 0.256 e. The Balaban J connectivity index is 1.70. The highest BCUT2D eigenvalue weighted by atomic mass is 16.2. The van der Waals surface area contributed by atoms with Crippen LogP contribution in [0.5, 0.6) is 0 Å². The molecular weight excluding hydrogens is 290 g/mol. The van der Waals surface area contributed by atoms with Crippen LogP contribution >= 0.6 is 0 Å². The number of para-hydroxylation sites is 2. The standard InChI is InChI=1S/C18H17N3O2/c22-14-19-17-9-5-4-8-16(17)18(23)21-12-10-20(11-13-21)15-6-2-1-3-7-15/h1-9H,10-13H2. The van der Waals surface area contributed by atoms with Gasteiger partial charge in [0.25, 0.3) is 5.91 Å². The number of piperazine rings is 1. The van der Waals surface area contributed by atoms with Crippen LogP contribution in [0.4, 0.5) is 11.4 Å². The quantitative estimate of drug-likeness (QED) is 0.647. The Bertz CT molecular complexity index is 731. The van der Waals surface area contributed by atoms with Crippen molar-refractivity contribution in [2.75, 3.05) is 31.1 Å². The van der Waals surface area contributed by atoms with Gasteiger partial charge in [-0.15, -0.1) is 0 Å². The van der Waals surface area contributed by atoms with Gasteiger partial charge in [0.2, 0.25) is 6.08 Å². The fraction of sp³-hybridized carbons (Fsp3) is 0.222. The van der Waals surface area contributed by atoms with Crippen LogP contribution in [0.25, 0.3) is 0 Å². The molecule has 1 aliphatic heterocycles. The number of aliphatic imine (C=N–C) groups is 1. The molecule has 0 aliphatic carbocycles. The molecule has 0 bridgehead atoms. The second-order valence-electron chi connectivity index (χ2n) is 5.34. The number of rotatable bonds is 3. The van der Waals surface area contributed by atoms with Crippen molar-refractivity contribution in [3.8, 4) is 0 Å². The minimum Gasteiger partial charge on any atom is -0.368 e. The molecule has 5 nitrogen and oxygen atoms in total. The van der Waals surface area contributed by atoms with E-state index in [0.29, 0.717) is 24.3 Å². The number of benzene rings is 2. The van der Waals surface area contributed by atoms with Crippen LogP contribution in [0.2, 0.25) is 0 Å². The highest BCUT2D eigenvalue weighted by Gasteiger charge is 2.23.